The maximum Gasteiger partial charge on any atom is 0.573 e. The molecule has 0 aliphatic carbocycles. The number of unbranched alkanes of at least 4 members (excludes halogenated alkanes) is 17. The van der Waals surface area contributed by atoms with Gasteiger partial charge in [-0.15, -0.1) is 13.2 Å². The van der Waals surface area contributed by atoms with E-state index in [4.69, 9.17) is 4.74 Å². The largest absolute Gasteiger partial charge is 0.573 e. The molecule has 14 heteroatoms. The SMILES string of the molecule is CCCCCCCCCCCCCCCCCCCCOc1ccc(S(=O)(=O)c2cnc3ccc(OC(F)(F)F)cc3c2N2CCC(N3CCN(C4CCN(CC)CC4)CC3)CC2)c(F)c1. The summed E-state index contributed by atoms with van der Waals surface area (Å²) in [6, 6.07) is 8.44. The third-order valence-corrected chi connectivity index (χ3v) is 16.2. The van der Waals surface area contributed by atoms with Gasteiger partial charge in [0.15, 0.2) is 0 Å². The molecule has 3 saturated heterocycles. The van der Waals surface area contributed by atoms with Gasteiger partial charge in [0.2, 0.25) is 9.84 Å². The number of ether oxygens (including phenoxy) is 2. The van der Waals surface area contributed by atoms with Gasteiger partial charge < -0.3 is 19.3 Å². The summed E-state index contributed by atoms with van der Waals surface area (Å²) >= 11 is 0. The first kappa shape index (κ1) is 52.2. The van der Waals surface area contributed by atoms with E-state index in [0.29, 0.717) is 37.3 Å². The van der Waals surface area contributed by atoms with E-state index >= 15 is 4.39 Å². The van der Waals surface area contributed by atoms with Crippen molar-refractivity contribution in [2.24, 2.45) is 0 Å². The van der Waals surface area contributed by atoms with E-state index in [1.54, 1.807) is 0 Å². The van der Waals surface area contributed by atoms with Crippen LogP contribution < -0.4 is 14.4 Å². The Hall–Kier alpha value is -3.20. The number of pyridine rings is 1. The highest BCUT2D eigenvalue weighted by atomic mass is 32.2. The molecule has 9 nitrogen and oxygen atoms in total. The van der Waals surface area contributed by atoms with Gasteiger partial charge in [-0.2, -0.15) is 0 Å². The number of rotatable bonds is 27. The molecule has 4 heterocycles. The van der Waals surface area contributed by atoms with Gasteiger partial charge in [-0.25, -0.2) is 12.8 Å². The van der Waals surface area contributed by atoms with Gasteiger partial charge in [-0.05, 0) is 82.1 Å². The van der Waals surface area contributed by atoms with E-state index in [1.165, 1.54) is 146 Å². The van der Waals surface area contributed by atoms with E-state index in [9.17, 15) is 21.6 Å². The van der Waals surface area contributed by atoms with Crippen molar-refractivity contribution in [3.8, 4) is 11.5 Å². The number of sulfone groups is 1. The van der Waals surface area contributed by atoms with Crippen LogP contribution >= 0.6 is 0 Å². The molecule has 3 aromatic rings. The number of anilines is 1. The number of piperidine rings is 2. The first-order valence-electron chi connectivity index (χ1n) is 25.8. The molecule has 3 aliphatic rings. The fraction of sp³-hybridized carbons (Fsp3) is 0.712. The Labute approximate surface area is 393 Å². The Morgan fingerprint density at radius 2 is 1.12 bits per heavy atom. The lowest BCUT2D eigenvalue weighted by molar-refractivity contribution is -0.274. The van der Waals surface area contributed by atoms with E-state index in [-0.39, 0.29) is 21.7 Å². The molecule has 0 N–H and O–H groups in total. The molecule has 66 heavy (non-hydrogen) atoms. The van der Waals surface area contributed by atoms with Crippen molar-refractivity contribution in [3.05, 3.63) is 48.4 Å². The smallest absolute Gasteiger partial charge is 0.493 e. The number of hydrogen-bond acceptors (Lipinski definition) is 9. The fourth-order valence-corrected chi connectivity index (χ4v) is 12.0. The van der Waals surface area contributed by atoms with Crippen molar-refractivity contribution in [2.75, 3.05) is 70.4 Å². The minimum atomic E-state index is -4.95. The van der Waals surface area contributed by atoms with Crippen molar-refractivity contribution < 1.29 is 35.5 Å². The van der Waals surface area contributed by atoms with Gasteiger partial charge in [0.1, 0.15) is 27.1 Å². The summed E-state index contributed by atoms with van der Waals surface area (Å²) in [7, 11) is -4.53. The Balaban J connectivity index is 0.993. The van der Waals surface area contributed by atoms with E-state index in [1.807, 2.05) is 4.90 Å². The van der Waals surface area contributed by atoms with Crippen molar-refractivity contribution >= 4 is 26.4 Å². The Kier molecular flexibility index (Phi) is 21.0. The minimum absolute atomic E-state index is 0.198. The van der Waals surface area contributed by atoms with Gasteiger partial charge in [-0.1, -0.05) is 123 Å². The molecular weight excluding hydrogens is 867 g/mol. The molecule has 1 aromatic heterocycles. The molecule has 0 spiro atoms. The summed E-state index contributed by atoms with van der Waals surface area (Å²) < 4.78 is 95.2. The molecule has 0 unspecified atom stereocenters. The zero-order valence-electron chi connectivity index (χ0n) is 40.1. The van der Waals surface area contributed by atoms with Crippen LogP contribution in [0.4, 0.5) is 23.2 Å². The zero-order valence-corrected chi connectivity index (χ0v) is 40.9. The average Bonchev–Trinajstić information content (AvgIpc) is 3.31. The molecule has 0 atom stereocenters. The predicted molar refractivity (Wildman–Crippen MR) is 258 cm³/mol. The number of benzene rings is 2. The van der Waals surface area contributed by atoms with Crippen molar-refractivity contribution in [1.82, 2.24) is 19.7 Å². The van der Waals surface area contributed by atoms with E-state index in [2.05, 4.69) is 38.3 Å². The quantitative estimate of drug-likeness (QED) is 0.0548. The monoisotopic (exact) mass is 946 g/mol. The maximum absolute atomic E-state index is 15.9. The average molecular weight is 946 g/mol. The molecule has 3 aliphatic heterocycles. The summed E-state index contributed by atoms with van der Waals surface area (Å²) in [6.45, 7) is 13.2. The summed E-state index contributed by atoms with van der Waals surface area (Å²) in [5, 5.41) is 0.198. The van der Waals surface area contributed by atoms with Crippen molar-refractivity contribution in [3.63, 3.8) is 0 Å². The summed E-state index contributed by atoms with van der Waals surface area (Å²) in [5.74, 6) is -1.20. The number of hydrogen-bond donors (Lipinski definition) is 0. The first-order chi connectivity index (χ1) is 32.0. The first-order valence-corrected chi connectivity index (χ1v) is 27.3. The third kappa shape index (κ3) is 15.7. The van der Waals surface area contributed by atoms with E-state index in [0.717, 1.165) is 84.0 Å². The van der Waals surface area contributed by atoms with Crippen molar-refractivity contribution in [1.29, 1.82) is 0 Å². The minimum Gasteiger partial charge on any atom is -0.493 e. The lowest BCUT2D eigenvalue weighted by atomic mass is 9.99. The van der Waals surface area contributed by atoms with Crippen LogP contribution in [0.2, 0.25) is 0 Å². The highest BCUT2D eigenvalue weighted by Crippen LogP contribution is 2.40. The Bertz CT molecular complexity index is 2000. The molecular formula is C52H79F4N5O4S. The molecule has 6 rings (SSSR count). The van der Waals surface area contributed by atoms with Crippen LogP contribution in [0.25, 0.3) is 10.9 Å². The molecule has 370 valence electrons. The van der Waals surface area contributed by atoms with Gasteiger partial charge in [0.05, 0.1) is 17.8 Å². The summed E-state index contributed by atoms with van der Waals surface area (Å²) in [6.07, 6.45) is 23.2. The number of likely N-dealkylation sites (tertiary alicyclic amines) is 1. The Morgan fingerprint density at radius 1 is 0.621 bits per heavy atom. The van der Waals surface area contributed by atoms with Gasteiger partial charge in [0.25, 0.3) is 0 Å². The standard InChI is InChI=1S/C52H79F4N5O4S/c1-3-5-6-7-8-9-10-11-12-13-14-15-16-17-18-19-20-21-38-64-44-23-25-49(47(53)40-44)66(62,63)50-41-57-48-24-22-45(65-52(54,55)56)39-46(48)51(50)61-32-28-43(29-33-61)60-36-34-59(35-37-60)42-26-30-58(4-2)31-27-42/h22-25,39-43H,3-21,26-38H2,1-2H3. The third-order valence-electron chi connectivity index (χ3n) is 14.4. The van der Waals surface area contributed by atoms with Crippen LogP contribution in [0.5, 0.6) is 11.5 Å². The van der Waals surface area contributed by atoms with E-state index < -0.39 is 32.7 Å². The van der Waals surface area contributed by atoms with Crippen LogP contribution in [-0.4, -0.2) is 112 Å². The molecule has 0 saturated carbocycles. The number of piperazine rings is 1. The van der Waals surface area contributed by atoms with Crippen LogP contribution in [0.1, 0.15) is 155 Å². The predicted octanol–water partition coefficient (Wildman–Crippen LogP) is 12.6. The second kappa shape index (κ2) is 26.5. The lowest BCUT2D eigenvalue weighted by Crippen LogP contribution is -2.56. The van der Waals surface area contributed by atoms with Crippen LogP contribution in [0.3, 0.4) is 0 Å². The number of halogens is 4. The number of alkyl halides is 3. The highest BCUT2D eigenvalue weighted by molar-refractivity contribution is 7.91. The number of fused-ring (bicyclic) bond motifs is 1. The van der Waals surface area contributed by atoms with Crippen molar-refractivity contribution in [2.45, 2.75) is 183 Å². The fourth-order valence-electron chi connectivity index (χ4n) is 10.5. The highest BCUT2D eigenvalue weighted by Gasteiger charge is 2.36. The molecule has 2 aromatic carbocycles. The second-order valence-corrected chi connectivity index (χ2v) is 21.0. The topological polar surface area (TPSA) is 78.4 Å². The van der Waals surface area contributed by atoms with Crippen LogP contribution in [-0.2, 0) is 9.84 Å². The normalized spacial score (nSPS) is 17.8. The molecule has 0 amide bonds. The summed E-state index contributed by atoms with van der Waals surface area (Å²) in [4.78, 5) is 13.2. The van der Waals surface area contributed by atoms with Crippen LogP contribution in [0, 0.1) is 5.82 Å². The van der Waals surface area contributed by atoms with Gasteiger partial charge in [-0.3, -0.25) is 14.8 Å². The van der Waals surface area contributed by atoms with Gasteiger partial charge >= 0.3 is 6.36 Å². The lowest BCUT2D eigenvalue weighted by Gasteiger charge is -2.46. The zero-order chi connectivity index (χ0) is 46.8. The summed E-state index contributed by atoms with van der Waals surface area (Å²) in [5.41, 5.74) is 0.522. The maximum atomic E-state index is 15.9. The molecule has 3 fully saturated rings. The van der Waals surface area contributed by atoms with Gasteiger partial charge in [0, 0.05) is 69.0 Å². The molecule has 0 radical (unpaired) electrons. The number of nitrogens with zero attached hydrogens (tertiary/aromatic N) is 5. The number of aromatic nitrogens is 1. The second-order valence-electron chi connectivity index (χ2n) is 19.1. The Morgan fingerprint density at radius 3 is 1.62 bits per heavy atom. The van der Waals surface area contributed by atoms with Crippen LogP contribution in [0.15, 0.2) is 52.4 Å². The molecule has 0 bridgehead atoms.